The molecule has 0 fully saturated rings. The Balaban J connectivity index is 0.000000212. The predicted molar refractivity (Wildman–Crippen MR) is 136 cm³/mol. The van der Waals surface area contributed by atoms with Crippen LogP contribution in [0.5, 0.6) is 0 Å². The summed E-state index contributed by atoms with van der Waals surface area (Å²) in [5.41, 5.74) is 20.5. The molecular weight excluding hydrogens is 458 g/mol. The molecule has 0 spiro atoms. The predicted octanol–water partition coefficient (Wildman–Crippen LogP) is 1.33. The van der Waals surface area contributed by atoms with Gasteiger partial charge in [0.2, 0.25) is 0 Å². The number of primary amides is 1. The topological polar surface area (TPSA) is 185 Å². The number of hydrazine groups is 1. The van der Waals surface area contributed by atoms with Crippen LogP contribution in [-0.4, -0.2) is 26.8 Å². The SMILES string of the molecule is CCc1cc2cccc(Cl)c2c(=O)n1CC/C(=C/N)NN.NC(=O)c1c(N)nn2c1NCC=C2. The number of nitrogens with zero attached hydrogens (tertiary/aromatic N) is 3. The van der Waals surface area contributed by atoms with E-state index in [1.54, 1.807) is 16.8 Å². The number of carbonyl (C=O) groups excluding carboxylic acids is 1. The molecule has 0 bridgehead atoms. The fraction of sp³-hybridized carbons (Fsp3) is 0.227. The van der Waals surface area contributed by atoms with Gasteiger partial charge in [-0.1, -0.05) is 30.7 Å². The third kappa shape index (κ3) is 5.00. The van der Waals surface area contributed by atoms with Crippen LogP contribution in [0.15, 0.2) is 47.0 Å². The average molecular weight is 486 g/mol. The van der Waals surface area contributed by atoms with Gasteiger partial charge in [0.25, 0.3) is 11.5 Å². The summed E-state index contributed by atoms with van der Waals surface area (Å²) in [5.74, 6) is 5.51. The molecule has 4 rings (SSSR count). The van der Waals surface area contributed by atoms with Crippen LogP contribution < -0.4 is 39.3 Å². The number of hydrogen-bond acceptors (Lipinski definition) is 8. The van der Waals surface area contributed by atoms with E-state index in [2.05, 4.69) is 15.8 Å². The van der Waals surface area contributed by atoms with Gasteiger partial charge in [0.05, 0.1) is 10.4 Å². The quantitative estimate of drug-likeness (QED) is 0.223. The summed E-state index contributed by atoms with van der Waals surface area (Å²) in [7, 11) is 0. The number of allylic oxidation sites excluding steroid dienone is 1. The Morgan fingerprint density at radius 2 is 2.15 bits per heavy atom. The molecule has 1 aliphatic heterocycles. The van der Waals surface area contributed by atoms with Crippen LogP contribution in [0.1, 0.15) is 29.4 Å². The van der Waals surface area contributed by atoms with E-state index >= 15 is 0 Å². The first kappa shape index (κ1) is 24.7. The molecule has 0 saturated carbocycles. The van der Waals surface area contributed by atoms with Crippen molar-refractivity contribution < 1.29 is 4.79 Å². The number of fused-ring (bicyclic) bond motifs is 2. The minimum atomic E-state index is -0.568. The lowest BCUT2D eigenvalue weighted by Crippen LogP contribution is -2.27. The zero-order chi connectivity index (χ0) is 24.8. The van der Waals surface area contributed by atoms with Crippen molar-refractivity contribution in [3.63, 3.8) is 0 Å². The van der Waals surface area contributed by atoms with Gasteiger partial charge in [-0.05, 0) is 30.0 Å². The maximum absolute atomic E-state index is 12.7. The van der Waals surface area contributed by atoms with Crippen molar-refractivity contribution in [3.8, 4) is 0 Å². The van der Waals surface area contributed by atoms with E-state index in [1.165, 1.54) is 10.9 Å². The Labute approximate surface area is 201 Å². The van der Waals surface area contributed by atoms with E-state index in [9.17, 15) is 9.59 Å². The van der Waals surface area contributed by atoms with Gasteiger partial charge in [-0.25, -0.2) is 4.68 Å². The molecule has 180 valence electrons. The summed E-state index contributed by atoms with van der Waals surface area (Å²) in [4.78, 5) is 23.7. The summed E-state index contributed by atoms with van der Waals surface area (Å²) in [5, 5.41) is 8.77. The van der Waals surface area contributed by atoms with Gasteiger partial charge in [-0.2, -0.15) is 0 Å². The molecule has 1 aromatic carbocycles. The standard InChI is InChI=1S/C15H19ClN4O.C7H9N5O/c1-2-12-8-10-4-3-5-13(16)14(10)15(21)20(12)7-6-11(9-17)19-18;8-5-4(6(9)13)7-10-2-1-3-12(7)11-5/h3-5,8-9,19H,2,6-7,17-18H2,1H3;1,3,10H,2H2,(H2,8,11)(H2,9,13)/b11-9-;. The molecule has 11 nitrogen and oxygen atoms in total. The molecule has 0 atom stereocenters. The number of hydrogen-bond donors (Lipinski definition) is 6. The third-order valence-electron chi connectivity index (χ3n) is 5.35. The van der Waals surface area contributed by atoms with E-state index in [-0.39, 0.29) is 16.9 Å². The largest absolute Gasteiger partial charge is 0.403 e. The van der Waals surface area contributed by atoms with Crippen LogP contribution in [0.3, 0.4) is 0 Å². The normalized spacial score (nSPS) is 12.5. The van der Waals surface area contributed by atoms with E-state index in [0.29, 0.717) is 41.4 Å². The highest BCUT2D eigenvalue weighted by Crippen LogP contribution is 2.23. The van der Waals surface area contributed by atoms with Crippen LogP contribution in [0.4, 0.5) is 11.6 Å². The van der Waals surface area contributed by atoms with Gasteiger partial charge < -0.3 is 32.5 Å². The third-order valence-corrected chi connectivity index (χ3v) is 5.66. The molecule has 1 aliphatic rings. The maximum atomic E-state index is 12.7. The Bertz CT molecular complexity index is 1320. The summed E-state index contributed by atoms with van der Waals surface area (Å²) >= 11 is 6.17. The summed E-state index contributed by atoms with van der Waals surface area (Å²) in [6, 6.07) is 7.48. The molecule has 3 aromatic rings. The minimum Gasteiger partial charge on any atom is -0.403 e. The maximum Gasteiger partial charge on any atom is 0.260 e. The van der Waals surface area contributed by atoms with Crippen LogP contribution >= 0.6 is 11.6 Å². The number of nitrogens with two attached hydrogens (primary N) is 4. The lowest BCUT2D eigenvalue weighted by molar-refractivity contribution is 0.100. The molecule has 2 aromatic heterocycles. The number of amides is 1. The molecule has 12 heteroatoms. The van der Waals surface area contributed by atoms with Crippen LogP contribution in [0.25, 0.3) is 17.0 Å². The molecule has 0 unspecified atom stereocenters. The van der Waals surface area contributed by atoms with E-state index < -0.39 is 5.91 Å². The minimum absolute atomic E-state index is 0.0802. The average Bonchev–Trinajstić information content (AvgIpc) is 3.16. The number of carbonyl (C=O) groups is 1. The number of nitrogen functional groups attached to an aromatic ring is 1. The second-order valence-electron chi connectivity index (χ2n) is 7.42. The lowest BCUT2D eigenvalue weighted by Gasteiger charge is -2.15. The number of pyridine rings is 1. The number of rotatable bonds is 6. The van der Waals surface area contributed by atoms with Gasteiger partial charge in [-0.15, -0.1) is 5.10 Å². The Hall–Kier alpha value is -3.96. The Morgan fingerprint density at radius 1 is 1.38 bits per heavy atom. The van der Waals surface area contributed by atoms with Crippen LogP contribution in [-0.2, 0) is 13.0 Å². The fourth-order valence-corrected chi connectivity index (χ4v) is 3.93. The monoisotopic (exact) mass is 485 g/mol. The number of benzene rings is 1. The Morgan fingerprint density at radius 3 is 2.79 bits per heavy atom. The lowest BCUT2D eigenvalue weighted by atomic mass is 10.1. The number of aromatic nitrogens is 3. The highest BCUT2D eigenvalue weighted by molar-refractivity contribution is 6.35. The second-order valence-corrected chi connectivity index (χ2v) is 7.83. The number of halogens is 1. The summed E-state index contributed by atoms with van der Waals surface area (Å²) < 4.78 is 3.23. The van der Waals surface area contributed by atoms with Gasteiger partial charge >= 0.3 is 0 Å². The smallest absolute Gasteiger partial charge is 0.260 e. The molecule has 0 saturated heterocycles. The van der Waals surface area contributed by atoms with Crippen LogP contribution in [0, 0.1) is 0 Å². The molecule has 3 heterocycles. The molecule has 0 aliphatic carbocycles. The molecule has 0 radical (unpaired) electrons. The van der Waals surface area contributed by atoms with Crippen molar-refractivity contribution >= 4 is 46.1 Å². The van der Waals surface area contributed by atoms with E-state index in [1.807, 2.05) is 31.2 Å². The number of aryl methyl sites for hydroxylation is 1. The van der Waals surface area contributed by atoms with Gasteiger partial charge in [0, 0.05) is 43.3 Å². The molecule has 34 heavy (non-hydrogen) atoms. The van der Waals surface area contributed by atoms with E-state index in [0.717, 1.165) is 17.5 Å². The van der Waals surface area contributed by atoms with Crippen molar-refractivity contribution in [3.05, 3.63) is 68.9 Å². The zero-order valence-electron chi connectivity index (χ0n) is 18.7. The van der Waals surface area contributed by atoms with Crippen molar-refractivity contribution in [1.29, 1.82) is 0 Å². The molecular formula is C22H28ClN9O2. The molecule has 10 N–H and O–H groups in total. The fourth-order valence-electron chi connectivity index (χ4n) is 3.66. The zero-order valence-corrected chi connectivity index (χ0v) is 19.5. The van der Waals surface area contributed by atoms with Crippen molar-refractivity contribution in [2.45, 2.75) is 26.3 Å². The first-order valence-corrected chi connectivity index (χ1v) is 11.0. The first-order chi connectivity index (χ1) is 16.3. The number of anilines is 2. The highest BCUT2D eigenvalue weighted by Gasteiger charge is 2.20. The van der Waals surface area contributed by atoms with Gasteiger partial charge in [-0.3, -0.25) is 15.4 Å². The Kier molecular flexibility index (Phi) is 7.82. The van der Waals surface area contributed by atoms with E-state index in [4.69, 9.17) is 34.6 Å². The van der Waals surface area contributed by atoms with Crippen molar-refractivity contribution in [2.75, 3.05) is 17.6 Å². The first-order valence-electron chi connectivity index (χ1n) is 10.6. The molecule has 1 amide bonds. The summed E-state index contributed by atoms with van der Waals surface area (Å²) in [6.07, 6.45) is 6.31. The van der Waals surface area contributed by atoms with Gasteiger partial charge in [0.1, 0.15) is 11.4 Å². The van der Waals surface area contributed by atoms with Crippen molar-refractivity contribution in [2.24, 2.45) is 17.3 Å². The van der Waals surface area contributed by atoms with Gasteiger partial charge in [0.15, 0.2) is 5.82 Å². The highest BCUT2D eigenvalue weighted by atomic mass is 35.5. The second kappa shape index (κ2) is 10.8. The number of nitrogens with one attached hydrogen (secondary N) is 2. The van der Waals surface area contributed by atoms with Crippen LogP contribution in [0.2, 0.25) is 5.02 Å². The summed E-state index contributed by atoms with van der Waals surface area (Å²) in [6.45, 7) is 3.16. The van der Waals surface area contributed by atoms with Crippen molar-refractivity contribution in [1.82, 2.24) is 19.8 Å².